The van der Waals surface area contributed by atoms with E-state index in [-0.39, 0.29) is 11.7 Å². The molecule has 0 aliphatic carbocycles. The van der Waals surface area contributed by atoms with Crippen LogP contribution in [0.25, 0.3) is 0 Å². The number of nitrogens with one attached hydrogen (secondary N) is 2. The minimum absolute atomic E-state index is 0.285. The number of hydrogen-bond donors (Lipinski definition) is 2. The molecule has 0 saturated carbocycles. The van der Waals surface area contributed by atoms with Crippen molar-refractivity contribution in [3.8, 4) is 0 Å². The number of carbonyl (C=O) groups is 1. The summed E-state index contributed by atoms with van der Waals surface area (Å²) in [5.41, 5.74) is 1.04. The first-order valence-electron chi connectivity index (χ1n) is 8.52. The van der Waals surface area contributed by atoms with Gasteiger partial charge in [-0.05, 0) is 68.8 Å². The number of halogens is 1. The Kier molecular flexibility index (Phi) is 5.28. The lowest BCUT2D eigenvalue weighted by Crippen LogP contribution is -2.41. The smallest absolute Gasteiger partial charge is 0.257 e. The maximum atomic E-state index is 13.2. The number of benzene rings is 1. The predicted molar refractivity (Wildman–Crippen MR) is 97.6 cm³/mol. The van der Waals surface area contributed by atoms with Gasteiger partial charge in [-0.15, -0.1) is 0 Å². The Morgan fingerprint density at radius 2 is 2.04 bits per heavy atom. The highest BCUT2D eigenvalue weighted by molar-refractivity contribution is 6.04. The van der Waals surface area contributed by atoms with Crippen molar-refractivity contribution in [2.24, 2.45) is 0 Å². The van der Waals surface area contributed by atoms with Gasteiger partial charge in [-0.25, -0.2) is 9.37 Å². The monoisotopic (exact) mass is 342 g/mol. The second-order valence-corrected chi connectivity index (χ2v) is 6.39. The number of amides is 1. The summed E-state index contributed by atoms with van der Waals surface area (Å²) in [6.45, 7) is 3.73. The summed E-state index contributed by atoms with van der Waals surface area (Å²) in [7, 11) is 2.04. The number of pyridine rings is 1. The van der Waals surface area contributed by atoms with Crippen molar-refractivity contribution in [2.75, 3.05) is 30.4 Å². The number of piperidine rings is 1. The average Bonchev–Trinajstić information content (AvgIpc) is 2.62. The van der Waals surface area contributed by atoms with Crippen LogP contribution >= 0.6 is 0 Å². The number of hydrogen-bond acceptors (Lipinski definition) is 4. The van der Waals surface area contributed by atoms with Crippen molar-refractivity contribution >= 4 is 17.5 Å². The molecule has 5 nitrogen and oxygen atoms in total. The van der Waals surface area contributed by atoms with Gasteiger partial charge in [0.1, 0.15) is 17.5 Å². The molecule has 0 radical (unpaired) electrons. The summed E-state index contributed by atoms with van der Waals surface area (Å²) >= 11 is 0. The van der Waals surface area contributed by atoms with Crippen LogP contribution in [0.5, 0.6) is 0 Å². The Hall–Kier alpha value is -2.47. The zero-order valence-electron chi connectivity index (χ0n) is 14.6. The Labute approximate surface area is 147 Å². The predicted octanol–water partition coefficient (Wildman–Crippen LogP) is 2.97. The molecule has 2 heterocycles. The van der Waals surface area contributed by atoms with Crippen molar-refractivity contribution in [1.82, 2.24) is 10.3 Å². The normalized spacial score (nSPS) is 15.0. The molecule has 2 aromatic rings. The van der Waals surface area contributed by atoms with Gasteiger partial charge in [0.25, 0.3) is 5.91 Å². The SMILES string of the molecule is Cc1cc(F)ccc1C(=O)Nc1cccc(N(C)C2CCNCC2)n1. The Balaban J connectivity index is 1.73. The molecular formula is C19H23FN4O. The molecule has 1 aliphatic heterocycles. The molecule has 6 heteroatoms. The van der Waals surface area contributed by atoms with Gasteiger partial charge >= 0.3 is 0 Å². The summed E-state index contributed by atoms with van der Waals surface area (Å²) < 4.78 is 13.2. The van der Waals surface area contributed by atoms with E-state index in [9.17, 15) is 9.18 Å². The van der Waals surface area contributed by atoms with Gasteiger partial charge in [-0.1, -0.05) is 6.07 Å². The molecule has 1 amide bonds. The van der Waals surface area contributed by atoms with Crippen molar-refractivity contribution in [1.29, 1.82) is 0 Å². The van der Waals surface area contributed by atoms with E-state index in [1.807, 2.05) is 19.2 Å². The largest absolute Gasteiger partial charge is 0.357 e. The molecule has 1 saturated heterocycles. The van der Waals surface area contributed by atoms with Crippen molar-refractivity contribution in [3.63, 3.8) is 0 Å². The van der Waals surface area contributed by atoms with Gasteiger partial charge in [0, 0.05) is 18.7 Å². The maximum Gasteiger partial charge on any atom is 0.257 e. The first-order valence-corrected chi connectivity index (χ1v) is 8.52. The lowest BCUT2D eigenvalue weighted by atomic mass is 10.1. The van der Waals surface area contributed by atoms with Gasteiger partial charge in [-0.3, -0.25) is 4.79 Å². The van der Waals surface area contributed by atoms with Crippen LogP contribution in [0.15, 0.2) is 36.4 Å². The summed E-state index contributed by atoms with van der Waals surface area (Å²) in [5.74, 6) is 0.692. The topological polar surface area (TPSA) is 57.3 Å². The number of aryl methyl sites for hydroxylation is 1. The van der Waals surface area contributed by atoms with Crippen molar-refractivity contribution in [2.45, 2.75) is 25.8 Å². The van der Waals surface area contributed by atoms with Crippen LogP contribution in [-0.4, -0.2) is 37.1 Å². The second-order valence-electron chi connectivity index (χ2n) is 6.39. The summed E-state index contributed by atoms with van der Waals surface area (Å²) in [6, 6.07) is 10.2. The molecule has 2 N–H and O–H groups in total. The molecule has 0 unspecified atom stereocenters. The molecule has 25 heavy (non-hydrogen) atoms. The van der Waals surface area contributed by atoms with E-state index in [1.165, 1.54) is 18.2 Å². The third kappa shape index (κ3) is 4.14. The Morgan fingerprint density at radius 3 is 2.76 bits per heavy atom. The van der Waals surface area contributed by atoms with E-state index in [2.05, 4.69) is 20.5 Å². The molecule has 0 bridgehead atoms. The number of anilines is 2. The van der Waals surface area contributed by atoms with Crippen LogP contribution in [0, 0.1) is 12.7 Å². The lowest BCUT2D eigenvalue weighted by molar-refractivity contribution is 0.102. The molecule has 132 valence electrons. The molecular weight excluding hydrogens is 319 g/mol. The summed E-state index contributed by atoms with van der Waals surface area (Å²) in [5, 5.41) is 6.16. The zero-order chi connectivity index (χ0) is 17.8. The van der Waals surface area contributed by atoms with Crippen LogP contribution in [0.1, 0.15) is 28.8 Å². The molecule has 1 aromatic carbocycles. The van der Waals surface area contributed by atoms with E-state index >= 15 is 0 Å². The highest BCUT2D eigenvalue weighted by Crippen LogP contribution is 2.20. The summed E-state index contributed by atoms with van der Waals surface area (Å²) in [4.78, 5) is 19.2. The third-order valence-corrected chi connectivity index (χ3v) is 4.63. The van der Waals surface area contributed by atoms with Gasteiger partial charge in [0.05, 0.1) is 0 Å². The fourth-order valence-corrected chi connectivity index (χ4v) is 3.14. The standard InChI is InChI=1S/C19H23FN4O/c1-13-12-14(20)6-7-16(13)19(25)23-17-4-3-5-18(22-17)24(2)15-8-10-21-11-9-15/h3-7,12,15,21H,8-11H2,1-2H3,(H,22,23,25). The first kappa shape index (κ1) is 17.4. The molecule has 1 aromatic heterocycles. The van der Waals surface area contributed by atoms with E-state index in [0.717, 1.165) is 31.7 Å². The number of carbonyl (C=O) groups excluding carboxylic acids is 1. The van der Waals surface area contributed by atoms with E-state index in [4.69, 9.17) is 0 Å². The zero-order valence-corrected chi connectivity index (χ0v) is 14.6. The Morgan fingerprint density at radius 1 is 1.28 bits per heavy atom. The number of nitrogens with zero attached hydrogens (tertiary/aromatic N) is 2. The molecule has 3 rings (SSSR count). The van der Waals surface area contributed by atoms with Gasteiger partial charge in [-0.2, -0.15) is 0 Å². The van der Waals surface area contributed by atoms with Crippen molar-refractivity contribution in [3.05, 3.63) is 53.3 Å². The maximum absolute atomic E-state index is 13.2. The van der Waals surface area contributed by atoms with Gasteiger partial charge in [0.15, 0.2) is 0 Å². The van der Waals surface area contributed by atoms with Crippen molar-refractivity contribution < 1.29 is 9.18 Å². The van der Waals surface area contributed by atoms with Crippen LogP contribution in [0.2, 0.25) is 0 Å². The van der Waals surface area contributed by atoms with Crippen LogP contribution in [-0.2, 0) is 0 Å². The van der Waals surface area contributed by atoms with E-state index < -0.39 is 0 Å². The quantitative estimate of drug-likeness (QED) is 0.897. The third-order valence-electron chi connectivity index (χ3n) is 4.63. The molecule has 1 fully saturated rings. The van der Waals surface area contributed by atoms with Crippen LogP contribution < -0.4 is 15.5 Å². The minimum Gasteiger partial charge on any atom is -0.357 e. The minimum atomic E-state index is -0.349. The fourth-order valence-electron chi connectivity index (χ4n) is 3.14. The van der Waals surface area contributed by atoms with Gasteiger partial charge in [0.2, 0.25) is 0 Å². The highest BCUT2D eigenvalue weighted by atomic mass is 19.1. The first-order chi connectivity index (χ1) is 12.0. The van der Waals surface area contributed by atoms with Crippen LogP contribution in [0.4, 0.5) is 16.0 Å². The molecule has 0 spiro atoms. The fraction of sp³-hybridized carbons (Fsp3) is 0.368. The summed E-state index contributed by atoms with van der Waals surface area (Å²) in [6.07, 6.45) is 2.15. The number of aromatic nitrogens is 1. The number of rotatable bonds is 4. The highest BCUT2D eigenvalue weighted by Gasteiger charge is 2.19. The molecule has 1 aliphatic rings. The average molecular weight is 342 g/mol. The second kappa shape index (κ2) is 7.61. The van der Waals surface area contributed by atoms with Crippen LogP contribution in [0.3, 0.4) is 0 Å². The molecule has 0 atom stereocenters. The van der Waals surface area contributed by atoms with E-state index in [0.29, 0.717) is 23.0 Å². The van der Waals surface area contributed by atoms with Gasteiger partial charge < -0.3 is 15.5 Å². The lowest BCUT2D eigenvalue weighted by Gasteiger charge is -2.32. The Bertz CT molecular complexity index is 759. The van der Waals surface area contributed by atoms with E-state index in [1.54, 1.807) is 13.0 Å².